The fraction of sp³-hybridized carbons (Fsp3) is 0.333. The van der Waals surface area contributed by atoms with Crippen molar-refractivity contribution >= 4 is 40.7 Å². The van der Waals surface area contributed by atoms with E-state index in [1.165, 1.54) is 28.4 Å². The number of unbranched alkanes of at least 4 members (excludes halogenated alkanes) is 2. The molecule has 9 nitrogen and oxygen atoms in total. The third-order valence-electron chi connectivity index (χ3n) is 5.06. The van der Waals surface area contributed by atoms with Crippen molar-refractivity contribution in [2.45, 2.75) is 19.3 Å². The molecule has 0 aromatic heterocycles. The van der Waals surface area contributed by atoms with Gasteiger partial charge in [-0.3, -0.25) is 0 Å². The number of ether oxygens (including phenoxy) is 4. The van der Waals surface area contributed by atoms with E-state index in [-0.39, 0.29) is 32.7 Å². The lowest BCUT2D eigenvalue weighted by Crippen LogP contribution is -2.07. The van der Waals surface area contributed by atoms with Crippen molar-refractivity contribution in [1.82, 2.24) is 4.91 Å². The summed E-state index contributed by atoms with van der Waals surface area (Å²) in [6.45, 7) is 0.439. The molecule has 0 saturated carbocycles. The zero-order chi connectivity index (χ0) is 26.0. The Morgan fingerprint density at radius 3 is 1.77 bits per heavy atom. The molecule has 0 amide bonds. The van der Waals surface area contributed by atoms with Gasteiger partial charge in [-0.15, -0.1) is 0 Å². The van der Waals surface area contributed by atoms with Crippen molar-refractivity contribution in [1.29, 1.82) is 5.53 Å². The number of benzene rings is 2. The summed E-state index contributed by atoms with van der Waals surface area (Å²) in [6.07, 6.45) is 4.04. The standard InChI is InChI=1S/C24H26Cl2N3O6/c1-32-21-17(23(30)34-3)10-14(12-19(21)25)16(8-6-5-7-9-28-29-27)15-11-18(24(31)35-4)22(33-2)20(26)13-15/h8,10-13,27H,5-7,9H2,1-4H3/q+1. The number of carbonyl (C=O) groups excluding carboxylic acids is 2. The molecule has 0 saturated heterocycles. The monoisotopic (exact) mass is 522 g/mol. The average Bonchev–Trinajstić information content (AvgIpc) is 2.86. The van der Waals surface area contributed by atoms with Gasteiger partial charge in [0.25, 0.3) is 0 Å². The first kappa shape index (κ1) is 27.9. The van der Waals surface area contributed by atoms with E-state index in [0.29, 0.717) is 29.7 Å². The topological polar surface area (TPSA) is 121 Å². The Bertz CT molecular complexity index is 1100. The number of carbonyl (C=O) groups is 2. The van der Waals surface area contributed by atoms with Gasteiger partial charge < -0.3 is 18.9 Å². The summed E-state index contributed by atoms with van der Waals surface area (Å²) >= 11 is 12.9. The molecule has 11 heteroatoms. The van der Waals surface area contributed by atoms with Crippen LogP contribution in [0.25, 0.3) is 5.57 Å². The highest BCUT2D eigenvalue weighted by Gasteiger charge is 2.22. The lowest BCUT2D eigenvalue weighted by atomic mass is 9.93. The van der Waals surface area contributed by atoms with Crippen LogP contribution in [-0.2, 0) is 9.47 Å². The normalized spacial score (nSPS) is 10.1. The smallest absolute Gasteiger partial charge is 0.341 e. The summed E-state index contributed by atoms with van der Waals surface area (Å²) in [5.74, 6) is -0.863. The number of nitrogens with zero attached hydrogens (tertiary/aromatic N) is 2. The Morgan fingerprint density at radius 1 is 0.886 bits per heavy atom. The number of hydrogen-bond donors (Lipinski definition) is 1. The molecule has 0 spiro atoms. The van der Waals surface area contributed by atoms with Crippen molar-refractivity contribution in [3.8, 4) is 11.5 Å². The summed E-state index contributed by atoms with van der Waals surface area (Å²) in [6, 6.07) is 6.52. The van der Waals surface area contributed by atoms with Gasteiger partial charge in [-0.2, -0.15) is 0 Å². The summed E-state index contributed by atoms with van der Waals surface area (Å²) in [4.78, 5) is 27.9. The van der Waals surface area contributed by atoms with E-state index >= 15 is 0 Å². The number of rotatable bonds is 11. The molecule has 0 radical (unpaired) electrons. The number of hydrogen-bond acceptors (Lipinski definition) is 8. The molecule has 35 heavy (non-hydrogen) atoms. The first-order valence-electron chi connectivity index (χ1n) is 10.5. The van der Waals surface area contributed by atoms with Gasteiger partial charge in [0.05, 0.1) is 38.5 Å². The second kappa shape index (κ2) is 13.5. The lowest BCUT2D eigenvalue weighted by Gasteiger charge is -2.17. The molecule has 0 unspecified atom stereocenters. The van der Waals surface area contributed by atoms with Gasteiger partial charge in [0.2, 0.25) is 4.91 Å². The van der Waals surface area contributed by atoms with E-state index in [4.69, 9.17) is 47.7 Å². The summed E-state index contributed by atoms with van der Waals surface area (Å²) < 4.78 is 20.4. The predicted octanol–water partition coefficient (Wildman–Crippen LogP) is 5.74. The van der Waals surface area contributed by atoms with Crippen LogP contribution in [0.5, 0.6) is 11.5 Å². The minimum atomic E-state index is -0.617. The maximum Gasteiger partial charge on any atom is 0.341 e. The van der Waals surface area contributed by atoms with E-state index in [1.54, 1.807) is 24.3 Å². The highest BCUT2D eigenvalue weighted by Crippen LogP contribution is 2.38. The highest BCUT2D eigenvalue weighted by molar-refractivity contribution is 6.33. The molecular weight excluding hydrogens is 497 g/mol. The van der Waals surface area contributed by atoms with E-state index < -0.39 is 11.9 Å². The summed E-state index contributed by atoms with van der Waals surface area (Å²) in [5, 5.41) is 4.07. The molecule has 2 aromatic carbocycles. The fourth-order valence-electron chi connectivity index (χ4n) is 3.46. The van der Waals surface area contributed by atoms with Crippen molar-refractivity contribution in [2.75, 3.05) is 35.0 Å². The molecule has 0 fully saturated rings. The van der Waals surface area contributed by atoms with Gasteiger partial charge in [0.1, 0.15) is 28.3 Å². The number of esters is 2. The lowest BCUT2D eigenvalue weighted by molar-refractivity contribution is 0.0588. The van der Waals surface area contributed by atoms with Crippen LogP contribution in [0.3, 0.4) is 0 Å². The molecule has 2 rings (SSSR count). The van der Waals surface area contributed by atoms with Crippen molar-refractivity contribution in [3.05, 3.63) is 62.6 Å². The zero-order valence-corrected chi connectivity index (χ0v) is 21.3. The maximum atomic E-state index is 12.4. The van der Waals surface area contributed by atoms with Crippen LogP contribution in [0.1, 0.15) is 51.1 Å². The number of methoxy groups -OCH3 is 4. The molecule has 0 atom stereocenters. The number of halogens is 2. The predicted molar refractivity (Wildman–Crippen MR) is 132 cm³/mol. The maximum absolute atomic E-state index is 12.4. The first-order chi connectivity index (χ1) is 16.8. The SMILES string of the molecule is COC(=O)c1cc(C(=CCCCCN=[N+]=N)c2cc(Cl)c(OC)c(C(=O)OC)c2)cc(Cl)c1OC. The quantitative estimate of drug-likeness (QED) is 0.174. The molecule has 2 aromatic rings. The molecular formula is C24H26Cl2N3O6+. The van der Waals surface area contributed by atoms with Gasteiger partial charge in [-0.05, 0) is 60.2 Å². The molecule has 1 N–H and O–H groups in total. The van der Waals surface area contributed by atoms with Crippen LogP contribution in [0, 0.1) is 5.53 Å². The van der Waals surface area contributed by atoms with Crippen molar-refractivity contribution in [2.24, 2.45) is 5.11 Å². The van der Waals surface area contributed by atoms with Crippen LogP contribution in [0.15, 0.2) is 35.5 Å². The fourth-order valence-corrected chi connectivity index (χ4v) is 4.05. The van der Waals surface area contributed by atoms with Gasteiger partial charge >= 0.3 is 11.9 Å². The van der Waals surface area contributed by atoms with Crippen LogP contribution in [0.2, 0.25) is 10.0 Å². The highest BCUT2D eigenvalue weighted by atomic mass is 35.5. The summed E-state index contributed by atoms with van der Waals surface area (Å²) in [5.41, 5.74) is 8.87. The largest absolute Gasteiger partial charge is 0.494 e. The molecule has 0 aliphatic carbocycles. The Hall–Kier alpha value is -3.39. The van der Waals surface area contributed by atoms with Crippen LogP contribution < -0.4 is 14.4 Å². The van der Waals surface area contributed by atoms with Crippen LogP contribution in [0.4, 0.5) is 0 Å². The van der Waals surface area contributed by atoms with Crippen LogP contribution in [-0.4, -0.2) is 46.9 Å². The van der Waals surface area contributed by atoms with Crippen molar-refractivity contribution < 1.29 is 28.5 Å². The average molecular weight is 523 g/mol. The Balaban J connectivity index is 2.71. The molecule has 0 aliphatic rings. The minimum absolute atomic E-state index is 0.145. The van der Waals surface area contributed by atoms with E-state index in [9.17, 15) is 9.59 Å². The second-order valence-electron chi connectivity index (χ2n) is 7.14. The third kappa shape index (κ3) is 6.82. The molecule has 0 heterocycles. The number of allylic oxidation sites excluding steroid dienone is 1. The third-order valence-corrected chi connectivity index (χ3v) is 5.62. The Kier molecular flexibility index (Phi) is 10.7. The van der Waals surface area contributed by atoms with E-state index in [2.05, 4.69) is 10.0 Å². The van der Waals surface area contributed by atoms with E-state index in [0.717, 1.165) is 12.8 Å². The van der Waals surface area contributed by atoms with Gasteiger partial charge in [0.15, 0.2) is 11.5 Å². The zero-order valence-electron chi connectivity index (χ0n) is 19.8. The van der Waals surface area contributed by atoms with Gasteiger partial charge in [-0.25, -0.2) is 9.59 Å². The molecule has 186 valence electrons. The van der Waals surface area contributed by atoms with Gasteiger partial charge in [-0.1, -0.05) is 29.3 Å². The van der Waals surface area contributed by atoms with Crippen molar-refractivity contribution in [3.63, 3.8) is 0 Å². The molecule has 0 aliphatic heterocycles. The minimum Gasteiger partial charge on any atom is -0.494 e. The summed E-state index contributed by atoms with van der Waals surface area (Å²) in [7, 11) is 5.34. The Labute approximate surface area is 213 Å². The van der Waals surface area contributed by atoms with Crippen LogP contribution >= 0.6 is 23.2 Å². The first-order valence-corrected chi connectivity index (χ1v) is 11.2. The number of nitrogens with one attached hydrogen (secondary N) is 1. The molecule has 0 bridgehead atoms. The Morgan fingerprint density at radius 2 is 1.37 bits per heavy atom. The second-order valence-corrected chi connectivity index (χ2v) is 7.95. The van der Waals surface area contributed by atoms with E-state index in [1.807, 2.05) is 6.08 Å². The van der Waals surface area contributed by atoms with Gasteiger partial charge in [0, 0.05) is 0 Å².